The van der Waals surface area contributed by atoms with Crippen LogP contribution in [0.15, 0.2) is 29.3 Å². The van der Waals surface area contributed by atoms with Gasteiger partial charge < -0.3 is 15.2 Å². The number of hydrogen-bond acceptors (Lipinski definition) is 5. The van der Waals surface area contributed by atoms with Crippen LogP contribution in [0.4, 0.5) is 5.82 Å². The summed E-state index contributed by atoms with van der Waals surface area (Å²) in [5.74, 6) is 1.43. The molecule has 0 aromatic carbocycles. The van der Waals surface area contributed by atoms with Crippen LogP contribution in [0.1, 0.15) is 44.2 Å². The van der Waals surface area contributed by atoms with Gasteiger partial charge in [0.15, 0.2) is 0 Å². The second-order valence-corrected chi connectivity index (χ2v) is 7.71. The molecule has 4 heterocycles. The SMILES string of the molecule is CCCCCN1C[C@@H]2C[C@H](C1)c1cc(-c3cc(N)ncn3)cc(=O)n1C2. The minimum Gasteiger partial charge on any atom is -0.384 e. The number of hydrogen-bond donors (Lipinski definition) is 1. The van der Waals surface area contributed by atoms with Gasteiger partial charge in [0.25, 0.3) is 5.56 Å². The fraction of sp³-hybridized carbons (Fsp3) is 0.550. The van der Waals surface area contributed by atoms with E-state index in [1.54, 1.807) is 12.1 Å². The number of piperidine rings is 1. The smallest absolute Gasteiger partial charge is 0.251 e. The van der Waals surface area contributed by atoms with Gasteiger partial charge in [0.2, 0.25) is 0 Å². The van der Waals surface area contributed by atoms with Crippen molar-refractivity contribution in [3.63, 3.8) is 0 Å². The van der Waals surface area contributed by atoms with Crippen molar-refractivity contribution < 1.29 is 0 Å². The van der Waals surface area contributed by atoms with Crippen LogP contribution in [-0.2, 0) is 6.54 Å². The standard InChI is InChI=1S/C20H27N5O/c1-2-3-4-5-24-10-14-6-16(12-24)18-7-15(8-20(26)25(18)11-14)17-9-19(21)23-13-22-17/h7-9,13-14,16H,2-6,10-12H2,1H3,(H2,21,22,23)/t14-,16+/m0/s1. The zero-order chi connectivity index (χ0) is 18.1. The lowest BCUT2D eigenvalue weighted by molar-refractivity contribution is 0.118. The Morgan fingerprint density at radius 1 is 1.15 bits per heavy atom. The molecular weight excluding hydrogens is 326 g/mol. The Kier molecular flexibility index (Phi) is 4.76. The maximum Gasteiger partial charge on any atom is 0.251 e. The number of anilines is 1. The molecular formula is C20H27N5O. The number of fused-ring (bicyclic) bond motifs is 4. The van der Waals surface area contributed by atoms with Gasteiger partial charge in [-0.15, -0.1) is 0 Å². The van der Waals surface area contributed by atoms with Gasteiger partial charge in [-0.1, -0.05) is 19.8 Å². The molecule has 2 N–H and O–H groups in total. The highest BCUT2D eigenvalue weighted by Crippen LogP contribution is 2.36. The van der Waals surface area contributed by atoms with E-state index in [0.29, 0.717) is 17.7 Å². The molecule has 1 fully saturated rings. The van der Waals surface area contributed by atoms with E-state index in [9.17, 15) is 4.79 Å². The predicted octanol–water partition coefficient (Wildman–Crippen LogP) is 2.50. The van der Waals surface area contributed by atoms with Gasteiger partial charge in [0.1, 0.15) is 12.1 Å². The summed E-state index contributed by atoms with van der Waals surface area (Å²) in [7, 11) is 0. The van der Waals surface area contributed by atoms with Crippen LogP contribution in [0.25, 0.3) is 11.3 Å². The van der Waals surface area contributed by atoms with Gasteiger partial charge in [-0.05, 0) is 31.4 Å². The normalized spacial score (nSPS) is 22.2. The van der Waals surface area contributed by atoms with Gasteiger partial charge >= 0.3 is 0 Å². The monoisotopic (exact) mass is 353 g/mol. The van der Waals surface area contributed by atoms with Crippen molar-refractivity contribution in [2.24, 2.45) is 5.92 Å². The highest BCUT2D eigenvalue weighted by Gasteiger charge is 2.34. The number of likely N-dealkylation sites (tertiary alicyclic amines) is 1. The minimum atomic E-state index is 0.0730. The molecule has 2 aliphatic heterocycles. The van der Waals surface area contributed by atoms with E-state index in [-0.39, 0.29) is 5.56 Å². The summed E-state index contributed by atoms with van der Waals surface area (Å²) in [6.07, 6.45) is 6.45. The molecule has 0 amide bonds. The second-order valence-electron chi connectivity index (χ2n) is 7.71. The first-order valence-corrected chi connectivity index (χ1v) is 9.69. The minimum absolute atomic E-state index is 0.0730. The summed E-state index contributed by atoms with van der Waals surface area (Å²) < 4.78 is 1.98. The molecule has 0 unspecified atom stereocenters. The third-order valence-electron chi connectivity index (χ3n) is 5.69. The summed E-state index contributed by atoms with van der Waals surface area (Å²) in [5.41, 5.74) is 8.58. The Morgan fingerprint density at radius 2 is 2.04 bits per heavy atom. The molecule has 4 rings (SSSR count). The Bertz CT molecular complexity index is 846. The Hall–Kier alpha value is -2.21. The number of nitrogens with two attached hydrogens (primary N) is 1. The summed E-state index contributed by atoms with van der Waals surface area (Å²) in [5, 5.41) is 0. The number of rotatable bonds is 5. The quantitative estimate of drug-likeness (QED) is 0.836. The van der Waals surface area contributed by atoms with Crippen molar-refractivity contribution in [1.29, 1.82) is 0 Å². The number of unbranched alkanes of at least 4 members (excludes halogenated alkanes) is 2. The molecule has 2 aromatic rings. The molecule has 0 spiro atoms. The van der Waals surface area contributed by atoms with Crippen LogP contribution in [-0.4, -0.2) is 39.1 Å². The topological polar surface area (TPSA) is 77.0 Å². The maximum absolute atomic E-state index is 12.7. The van der Waals surface area contributed by atoms with E-state index in [2.05, 4.69) is 27.9 Å². The van der Waals surface area contributed by atoms with Crippen LogP contribution in [0.2, 0.25) is 0 Å². The molecule has 2 aromatic heterocycles. The molecule has 2 aliphatic rings. The van der Waals surface area contributed by atoms with Crippen molar-refractivity contribution in [2.75, 3.05) is 25.4 Å². The summed E-state index contributed by atoms with van der Waals surface area (Å²) in [6.45, 7) is 6.43. The predicted molar refractivity (Wildman–Crippen MR) is 103 cm³/mol. The van der Waals surface area contributed by atoms with E-state index in [0.717, 1.165) is 36.6 Å². The number of nitrogen functional groups attached to an aromatic ring is 1. The van der Waals surface area contributed by atoms with E-state index >= 15 is 0 Å². The summed E-state index contributed by atoms with van der Waals surface area (Å²) in [4.78, 5) is 23.6. The number of pyridine rings is 1. The number of aromatic nitrogens is 3. The van der Waals surface area contributed by atoms with Gasteiger partial charge in [0.05, 0.1) is 5.69 Å². The zero-order valence-corrected chi connectivity index (χ0v) is 15.4. The Labute approximate surface area is 154 Å². The van der Waals surface area contributed by atoms with Crippen LogP contribution < -0.4 is 11.3 Å². The van der Waals surface area contributed by atoms with Crippen molar-refractivity contribution >= 4 is 5.82 Å². The van der Waals surface area contributed by atoms with Gasteiger partial charge in [-0.3, -0.25) is 4.79 Å². The van der Waals surface area contributed by atoms with Crippen LogP contribution in [0.3, 0.4) is 0 Å². The summed E-state index contributed by atoms with van der Waals surface area (Å²) >= 11 is 0. The van der Waals surface area contributed by atoms with E-state index in [1.165, 1.54) is 38.6 Å². The lowest BCUT2D eigenvalue weighted by Crippen LogP contribution is -2.47. The van der Waals surface area contributed by atoms with Gasteiger partial charge in [-0.25, -0.2) is 9.97 Å². The van der Waals surface area contributed by atoms with Crippen molar-refractivity contribution in [1.82, 2.24) is 19.4 Å². The van der Waals surface area contributed by atoms with Crippen molar-refractivity contribution in [3.8, 4) is 11.3 Å². The molecule has 2 bridgehead atoms. The highest BCUT2D eigenvalue weighted by atomic mass is 16.1. The lowest BCUT2D eigenvalue weighted by Gasteiger charge is -2.43. The number of nitrogens with zero attached hydrogens (tertiary/aromatic N) is 4. The molecule has 2 atom stereocenters. The molecule has 6 heteroatoms. The van der Waals surface area contributed by atoms with Crippen molar-refractivity contribution in [2.45, 2.75) is 45.1 Å². The Morgan fingerprint density at radius 3 is 2.85 bits per heavy atom. The van der Waals surface area contributed by atoms with Crippen LogP contribution >= 0.6 is 0 Å². The average Bonchev–Trinajstić information content (AvgIpc) is 2.63. The third-order valence-corrected chi connectivity index (χ3v) is 5.69. The highest BCUT2D eigenvalue weighted by molar-refractivity contribution is 5.61. The zero-order valence-electron chi connectivity index (χ0n) is 15.4. The Balaban J connectivity index is 1.64. The molecule has 6 nitrogen and oxygen atoms in total. The molecule has 26 heavy (non-hydrogen) atoms. The van der Waals surface area contributed by atoms with Crippen LogP contribution in [0.5, 0.6) is 0 Å². The molecule has 0 aliphatic carbocycles. The fourth-order valence-corrected chi connectivity index (χ4v) is 4.50. The maximum atomic E-state index is 12.7. The van der Waals surface area contributed by atoms with Gasteiger partial charge in [0, 0.05) is 48.9 Å². The molecule has 1 saturated heterocycles. The second kappa shape index (κ2) is 7.19. The van der Waals surface area contributed by atoms with Crippen molar-refractivity contribution in [3.05, 3.63) is 40.6 Å². The lowest BCUT2D eigenvalue weighted by atomic mass is 9.82. The van der Waals surface area contributed by atoms with E-state index in [4.69, 9.17) is 5.73 Å². The molecule has 138 valence electrons. The van der Waals surface area contributed by atoms with E-state index in [1.807, 2.05) is 4.57 Å². The first-order chi connectivity index (χ1) is 12.6. The first kappa shape index (κ1) is 17.2. The summed E-state index contributed by atoms with van der Waals surface area (Å²) in [6, 6.07) is 5.56. The van der Waals surface area contributed by atoms with E-state index < -0.39 is 0 Å². The third kappa shape index (κ3) is 3.38. The largest absolute Gasteiger partial charge is 0.384 e. The molecule has 0 saturated carbocycles. The fourth-order valence-electron chi connectivity index (χ4n) is 4.50. The average molecular weight is 353 g/mol. The first-order valence-electron chi connectivity index (χ1n) is 9.69. The molecule has 0 radical (unpaired) electrons. The van der Waals surface area contributed by atoms with Crippen LogP contribution in [0, 0.1) is 5.92 Å². The van der Waals surface area contributed by atoms with Gasteiger partial charge in [-0.2, -0.15) is 0 Å².